The number of rotatable bonds is 2. The maximum Gasteiger partial charge on any atom is 0.00376 e. The molecule has 0 bridgehead atoms. The van der Waals surface area contributed by atoms with E-state index in [9.17, 15) is 0 Å². The molecule has 0 atom stereocenters. The van der Waals surface area contributed by atoms with Crippen molar-refractivity contribution in [3.63, 3.8) is 0 Å². The summed E-state index contributed by atoms with van der Waals surface area (Å²) in [5.41, 5.74) is 1.32. The second-order valence-electron chi connectivity index (χ2n) is 6.14. The third kappa shape index (κ3) is 21.1. The third-order valence-electron chi connectivity index (χ3n) is 2.27. The molecule has 0 saturated heterocycles. The SMILES string of the molecule is CC.CC(C)C.CC(C)SC1=CCCC=C1.Cc1ccccc1. The molecule has 0 aliphatic heterocycles. The summed E-state index contributed by atoms with van der Waals surface area (Å²) in [6.07, 6.45) is 9.26. The maximum atomic E-state index is 2.32. The fraction of sp³-hybridized carbons (Fsp3) is 0.545. The second kappa shape index (κ2) is 17.4. The van der Waals surface area contributed by atoms with E-state index < -0.39 is 0 Å². The van der Waals surface area contributed by atoms with E-state index in [0.29, 0.717) is 5.25 Å². The van der Waals surface area contributed by atoms with Gasteiger partial charge < -0.3 is 0 Å². The summed E-state index contributed by atoms with van der Waals surface area (Å²) in [5, 5.41) is 0.717. The standard InChI is InChI=1S/C9H14S.C7H8.C4H10.C2H6/c1-8(2)10-9-6-4-3-5-7-9;1-7-5-3-2-4-6-7;1-4(2)3;1-2/h4,6-8H,3,5H2,1-2H3;2-6H,1H3;4H,1-3H3;1-2H3. The van der Waals surface area contributed by atoms with Crippen molar-refractivity contribution in [1.82, 2.24) is 0 Å². The Hall–Kier alpha value is -0.950. The van der Waals surface area contributed by atoms with Gasteiger partial charge in [-0.05, 0) is 25.7 Å². The van der Waals surface area contributed by atoms with Crippen LogP contribution in [0.1, 0.15) is 66.9 Å². The van der Waals surface area contributed by atoms with Gasteiger partial charge >= 0.3 is 0 Å². The normalized spacial score (nSPS) is 12.2. The van der Waals surface area contributed by atoms with E-state index in [2.05, 4.69) is 71.9 Å². The first kappa shape index (κ1) is 24.3. The molecule has 23 heavy (non-hydrogen) atoms. The third-order valence-corrected chi connectivity index (χ3v) is 3.32. The lowest BCUT2D eigenvalue weighted by atomic mass is 10.2. The van der Waals surface area contributed by atoms with Gasteiger partial charge in [0.25, 0.3) is 0 Å². The molecule has 0 spiro atoms. The van der Waals surface area contributed by atoms with E-state index >= 15 is 0 Å². The average molecular weight is 335 g/mol. The molecule has 0 aromatic heterocycles. The molecule has 0 amide bonds. The molecule has 1 aliphatic carbocycles. The van der Waals surface area contributed by atoms with Crippen molar-refractivity contribution in [3.8, 4) is 0 Å². The average Bonchev–Trinajstić information content (AvgIpc) is 2.50. The van der Waals surface area contributed by atoms with Crippen LogP contribution in [0.4, 0.5) is 0 Å². The van der Waals surface area contributed by atoms with E-state index in [4.69, 9.17) is 0 Å². The molecule has 1 aromatic rings. The Kier molecular flexibility index (Phi) is 18.4. The first-order chi connectivity index (χ1) is 10.9. The highest BCUT2D eigenvalue weighted by molar-refractivity contribution is 8.03. The summed E-state index contributed by atoms with van der Waals surface area (Å²) >= 11 is 1.95. The molecule has 0 fully saturated rings. The fourth-order valence-corrected chi connectivity index (χ4v) is 2.42. The smallest absolute Gasteiger partial charge is 0.00376 e. The maximum absolute atomic E-state index is 2.32. The molecule has 1 aliphatic rings. The molecule has 0 saturated carbocycles. The summed E-state index contributed by atoms with van der Waals surface area (Å²) in [4.78, 5) is 1.45. The molecule has 1 aromatic carbocycles. The van der Waals surface area contributed by atoms with Gasteiger partial charge in [-0.1, -0.05) is 103 Å². The van der Waals surface area contributed by atoms with E-state index in [0.717, 1.165) is 5.92 Å². The van der Waals surface area contributed by atoms with Crippen molar-refractivity contribution in [2.24, 2.45) is 5.92 Å². The minimum atomic E-state index is 0.717. The first-order valence-corrected chi connectivity index (χ1v) is 9.84. The Bertz CT molecular complexity index is 396. The zero-order valence-corrected chi connectivity index (χ0v) is 17.4. The minimum Gasteiger partial charge on any atom is -0.124 e. The summed E-state index contributed by atoms with van der Waals surface area (Å²) < 4.78 is 0. The van der Waals surface area contributed by atoms with E-state index in [1.165, 1.54) is 23.3 Å². The van der Waals surface area contributed by atoms with Crippen molar-refractivity contribution in [2.75, 3.05) is 0 Å². The lowest BCUT2D eigenvalue weighted by molar-refractivity contribution is 0.737. The molecular formula is C22H38S. The Morgan fingerprint density at radius 3 is 1.70 bits per heavy atom. The Morgan fingerprint density at radius 1 is 0.870 bits per heavy atom. The van der Waals surface area contributed by atoms with Crippen LogP contribution in [-0.4, -0.2) is 5.25 Å². The predicted octanol–water partition coefficient (Wildman–Crippen LogP) is 8.05. The van der Waals surface area contributed by atoms with Crippen LogP contribution >= 0.6 is 11.8 Å². The Balaban J connectivity index is 0. The highest BCUT2D eigenvalue weighted by Crippen LogP contribution is 2.25. The lowest BCUT2D eigenvalue weighted by Gasteiger charge is -2.08. The molecule has 0 nitrogen and oxygen atoms in total. The molecule has 0 heterocycles. The van der Waals surface area contributed by atoms with Gasteiger partial charge in [0.15, 0.2) is 0 Å². The van der Waals surface area contributed by atoms with Crippen LogP contribution in [0.2, 0.25) is 0 Å². The lowest BCUT2D eigenvalue weighted by Crippen LogP contribution is -1.88. The van der Waals surface area contributed by atoms with Gasteiger partial charge in [-0.15, -0.1) is 11.8 Å². The van der Waals surface area contributed by atoms with Crippen LogP contribution in [0.3, 0.4) is 0 Å². The summed E-state index contributed by atoms with van der Waals surface area (Å²) in [7, 11) is 0. The molecule has 1 heteroatoms. The van der Waals surface area contributed by atoms with E-state index in [1.807, 2.05) is 43.8 Å². The highest BCUT2D eigenvalue weighted by atomic mass is 32.2. The Morgan fingerprint density at radius 2 is 1.39 bits per heavy atom. The van der Waals surface area contributed by atoms with Crippen LogP contribution in [0.25, 0.3) is 0 Å². The second-order valence-corrected chi connectivity index (χ2v) is 7.79. The van der Waals surface area contributed by atoms with Crippen LogP contribution in [0.15, 0.2) is 53.5 Å². The summed E-state index contributed by atoms with van der Waals surface area (Å²) in [5.74, 6) is 0.833. The van der Waals surface area contributed by atoms with Crippen LogP contribution in [0, 0.1) is 12.8 Å². The first-order valence-electron chi connectivity index (χ1n) is 8.96. The molecule has 0 N–H and O–H groups in total. The quantitative estimate of drug-likeness (QED) is 0.527. The fourth-order valence-electron chi connectivity index (χ4n) is 1.48. The van der Waals surface area contributed by atoms with Gasteiger partial charge in [-0.2, -0.15) is 0 Å². The van der Waals surface area contributed by atoms with Gasteiger partial charge in [0.05, 0.1) is 0 Å². The van der Waals surface area contributed by atoms with Crippen LogP contribution < -0.4 is 0 Å². The van der Waals surface area contributed by atoms with Crippen molar-refractivity contribution < 1.29 is 0 Å². The van der Waals surface area contributed by atoms with Crippen LogP contribution in [0.5, 0.6) is 0 Å². The zero-order valence-electron chi connectivity index (χ0n) is 16.6. The largest absolute Gasteiger partial charge is 0.124 e. The van der Waals surface area contributed by atoms with Gasteiger partial charge in [0.2, 0.25) is 0 Å². The number of hydrogen-bond acceptors (Lipinski definition) is 1. The molecule has 0 unspecified atom stereocenters. The summed E-state index contributed by atoms with van der Waals surface area (Å²) in [6.45, 7) is 17.0. The minimum absolute atomic E-state index is 0.717. The molecule has 2 rings (SSSR count). The van der Waals surface area contributed by atoms with Gasteiger partial charge in [0.1, 0.15) is 0 Å². The number of aryl methyl sites for hydroxylation is 1. The van der Waals surface area contributed by atoms with Crippen molar-refractivity contribution in [2.45, 2.75) is 73.5 Å². The van der Waals surface area contributed by atoms with Gasteiger partial charge in [-0.25, -0.2) is 0 Å². The van der Waals surface area contributed by atoms with E-state index in [-0.39, 0.29) is 0 Å². The summed E-state index contributed by atoms with van der Waals surface area (Å²) in [6, 6.07) is 10.3. The van der Waals surface area contributed by atoms with Crippen molar-refractivity contribution in [3.05, 3.63) is 59.0 Å². The number of benzene rings is 1. The van der Waals surface area contributed by atoms with Crippen molar-refractivity contribution in [1.29, 1.82) is 0 Å². The van der Waals surface area contributed by atoms with Gasteiger partial charge in [0, 0.05) is 10.2 Å². The monoisotopic (exact) mass is 334 g/mol. The van der Waals surface area contributed by atoms with E-state index in [1.54, 1.807) is 0 Å². The predicted molar refractivity (Wildman–Crippen MR) is 112 cm³/mol. The number of thioether (sulfide) groups is 1. The molecule has 0 radical (unpaired) electrons. The van der Waals surface area contributed by atoms with Crippen LogP contribution in [-0.2, 0) is 0 Å². The highest BCUT2D eigenvalue weighted by Gasteiger charge is 1.99. The zero-order chi connectivity index (χ0) is 18.1. The van der Waals surface area contributed by atoms with Crippen molar-refractivity contribution >= 4 is 11.8 Å². The van der Waals surface area contributed by atoms with Gasteiger partial charge in [-0.3, -0.25) is 0 Å². The Labute approximate surface area is 150 Å². The molecule has 132 valence electrons. The number of hydrogen-bond donors (Lipinski definition) is 0. The molecular weight excluding hydrogens is 296 g/mol. The number of allylic oxidation sites excluding steroid dienone is 3. The topological polar surface area (TPSA) is 0 Å².